The molecule has 0 fully saturated rings. The van der Waals surface area contributed by atoms with Crippen LogP contribution >= 0.6 is 0 Å². The van der Waals surface area contributed by atoms with Crippen LogP contribution in [0, 0.1) is 0 Å². The molecule has 0 saturated carbocycles. The summed E-state index contributed by atoms with van der Waals surface area (Å²) in [5.41, 5.74) is 0. The molecule has 0 unspecified atom stereocenters. The van der Waals surface area contributed by atoms with E-state index in [1.54, 1.807) is 0 Å². The standard InChI is InChI=1S/CH2F2.BFH2O3.K.H/c2-1-3;2-5-1(3)4;;/h1H2;3-4H;;/q;;+1;-1. The van der Waals surface area contributed by atoms with Gasteiger partial charge in [0.1, 0.15) is 0 Å². The third-order valence-corrected chi connectivity index (χ3v) is 0.0797. The zero-order valence-electron chi connectivity index (χ0n) is 5.72. The van der Waals surface area contributed by atoms with E-state index in [9.17, 15) is 13.3 Å². The maximum atomic E-state index is 10.1. The van der Waals surface area contributed by atoms with Gasteiger partial charge < -0.3 is 11.5 Å². The molecule has 0 atom stereocenters. The molecule has 0 aromatic heterocycles. The smallest absolute Gasteiger partial charge is 1.00 e. The van der Waals surface area contributed by atoms with Gasteiger partial charge in [-0.25, -0.2) is 8.78 Å². The Balaban J connectivity index is -0.0000000326. The molecule has 0 heterocycles. The van der Waals surface area contributed by atoms with Crippen molar-refractivity contribution in [1.29, 1.82) is 0 Å². The summed E-state index contributed by atoms with van der Waals surface area (Å²) in [6.45, 7) is -1.75. The molecule has 0 aromatic carbocycles. The average molecular weight is 172 g/mol. The summed E-state index contributed by atoms with van der Waals surface area (Å²) in [6.07, 6.45) is 0. The van der Waals surface area contributed by atoms with Crippen molar-refractivity contribution in [2.45, 2.75) is 0 Å². The van der Waals surface area contributed by atoms with Gasteiger partial charge in [-0.15, -0.1) is 0 Å². The fraction of sp³-hybridized carbons (Fsp3) is 1.00. The van der Waals surface area contributed by atoms with Crippen LogP contribution in [0.25, 0.3) is 0 Å². The largest absolute Gasteiger partial charge is 1.00 e. The van der Waals surface area contributed by atoms with Gasteiger partial charge in [0, 0.05) is 0 Å². The quantitative estimate of drug-likeness (QED) is 0.411. The fourth-order valence-corrected chi connectivity index (χ4v) is 0. The minimum absolute atomic E-state index is 0. The van der Waals surface area contributed by atoms with E-state index in [1.165, 1.54) is 0 Å². The number of hydrogen-bond acceptors (Lipinski definition) is 3. The molecule has 2 N–H and O–H groups in total. The second kappa shape index (κ2) is 16.2. The van der Waals surface area contributed by atoms with Crippen LogP contribution in [0.3, 0.4) is 0 Å². The number of hydrogen-bond donors (Lipinski definition) is 2. The third-order valence-electron chi connectivity index (χ3n) is 0.0797. The zero-order chi connectivity index (χ0) is 6.99. The van der Waals surface area contributed by atoms with Gasteiger partial charge in [0.2, 0.25) is 6.93 Å². The fourth-order valence-electron chi connectivity index (χ4n) is 0. The van der Waals surface area contributed by atoms with Gasteiger partial charge >= 0.3 is 58.7 Å². The van der Waals surface area contributed by atoms with Crippen LogP contribution in [0.1, 0.15) is 1.43 Å². The molecule has 0 aromatic rings. The number of rotatable bonds is 1. The van der Waals surface area contributed by atoms with Gasteiger partial charge in [0.05, 0.1) is 0 Å². The molecule has 3 nitrogen and oxygen atoms in total. The van der Waals surface area contributed by atoms with Gasteiger partial charge in [0.25, 0.3) is 0 Å². The second-order valence-corrected chi connectivity index (χ2v) is 0.516. The Morgan fingerprint density at radius 3 is 1.56 bits per heavy atom. The molecule has 0 bridgehead atoms. The molecule has 8 heteroatoms. The molecule has 9 heavy (non-hydrogen) atoms. The molecule has 0 amide bonds. The molecule has 0 rings (SSSR count). The van der Waals surface area contributed by atoms with E-state index in [2.05, 4.69) is 4.86 Å². The van der Waals surface area contributed by atoms with Crippen molar-refractivity contribution in [3.63, 3.8) is 0 Å². The van der Waals surface area contributed by atoms with Crippen LogP contribution < -0.4 is 51.4 Å². The monoisotopic (exact) mass is 172 g/mol. The Hall–Kier alpha value is 1.37. The molecule has 0 radical (unpaired) electrons. The van der Waals surface area contributed by atoms with E-state index >= 15 is 0 Å². The van der Waals surface area contributed by atoms with Crippen LogP contribution in [0.5, 0.6) is 0 Å². The van der Waals surface area contributed by atoms with Gasteiger partial charge in [-0.1, -0.05) is 4.53 Å². The summed E-state index contributed by atoms with van der Waals surface area (Å²) in [5.74, 6) is 0. The third kappa shape index (κ3) is 44.8. The normalized spacial score (nSPS) is 6.33. The molecule has 0 aliphatic carbocycles. The summed E-state index contributed by atoms with van der Waals surface area (Å²) in [5, 5.41) is 14.6. The molecular weight excluding hydrogens is 167 g/mol. The van der Waals surface area contributed by atoms with Crippen molar-refractivity contribution in [2.24, 2.45) is 0 Å². The van der Waals surface area contributed by atoms with Crippen molar-refractivity contribution >= 4 is 7.32 Å². The van der Waals surface area contributed by atoms with E-state index in [0.29, 0.717) is 0 Å². The first-order chi connectivity index (χ1) is 3.68. The van der Waals surface area contributed by atoms with Crippen molar-refractivity contribution in [1.82, 2.24) is 0 Å². The van der Waals surface area contributed by atoms with E-state index < -0.39 is 14.2 Å². The minimum atomic E-state index is -2.28. The molecular formula is CH5BF3KO3. The van der Waals surface area contributed by atoms with Crippen LogP contribution in [-0.2, 0) is 4.86 Å². The number of halogens is 3. The Morgan fingerprint density at radius 2 is 1.56 bits per heavy atom. The van der Waals surface area contributed by atoms with Crippen LogP contribution in [0.2, 0.25) is 0 Å². The Bertz CT molecular complexity index is 44.9. The van der Waals surface area contributed by atoms with Crippen LogP contribution in [-0.4, -0.2) is 24.3 Å². The predicted octanol–water partition coefficient (Wildman–Crippen LogP) is -3.14. The number of alkyl halides is 2. The first-order valence-corrected chi connectivity index (χ1v) is 1.44. The molecule has 52 valence electrons. The van der Waals surface area contributed by atoms with Crippen molar-refractivity contribution in [3.05, 3.63) is 0 Å². The first-order valence-electron chi connectivity index (χ1n) is 1.44. The summed E-state index contributed by atoms with van der Waals surface area (Å²) < 4.78 is 29.4. The molecule has 0 saturated heterocycles. The van der Waals surface area contributed by atoms with Crippen molar-refractivity contribution < 1.29 is 81.0 Å². The second-order valence-electron chi connectivity index (χ2n) is 0.516. The van der Waals surface area contributed by atoms with Gasteiger partial charge in [0.15, 0.2) is 0 Å². The topological polar surface area (TPSA) is 49.7 Å². The van der Waals surface area contributed by atoms with Crippen molar-refractivity contribution in [3.8, 4) is 0 Å². The van der Waals surface area contributed by atoms with Gasteiger partial charge in [-0.2, -0.15) is 4.86 Å². The van der Waals surface area contributed by atoms with Crippen molar-refractivity contribution in [2.75, 3.05) is 6.93 Å². The molecule has 0 aliphatic rings. The van der Waals surface area contributed by atoms with Crippen LogP contribution in [0.4, 0.5) is 13.3 Å². The Kier molecular flexibility index (Phi) is 30.1. The summed E-state index contributed by atoms with van der Waals surface area (Å²) in [6, 6.07) is 0. The Morgan fingerprint density at radius 1 is 1.44 bits per heavy atom. The predicted molar refractivity (Wildman–Crippen MR) is 20.6 cm³/mol. The SMILES string of the molecule is FCF.OB(O)OF.[H-].[K+]. The maximum absolute atomic E-state index is 10.1. The summed E-state index contributed by atoms with van der Waals surface area (Å²) in [7, 11) is -2.28. The zero-order valence-corrected chi connectivity index (χ0v) is 7.84. The average Bonchev–Trinajstić information content (AvgIpc) is 1.69. The molecule has 0 spiro atoms. The van der Waals surface area contributed by atoms with E-state index in [1.807, 2.05) is 0 Å². The van der Waals surface area contributed by atoms with E-state index in [0.717, 1.165) is 0 Å². The summed E-state index contributed by atoms with van der Waals surface area (Å²) >= 11 is 0. The van der Waals surface area contributed by atoms with E-state index in [-0.39, 0.29) is 52.8 Å². The first kappa shape index (κ1) is 16.8. The van der Waals surface area contributed by atoms with Crippen LogP contribution in [0.15, 0.2) is 0 Å². The molecule has 0 aliphatic heterocycles. The maximum Gasteiger partial charge on any atom is 1.00 e. The minimum Gasteiger partial charge on any atom is -1.00 e. The van der Waals surface area contributed by atoms with Gasteiger partial charge in [-0.3, -0.25) is 0 Å². The Labute approximate surface area is 94.2 Å². The van der Waals surface area contributed by atoms with E-state index in [4.69, 9.17) is 10.0 Å². The van der Waals surface area contributed by atoms with Gasteiger partial charge in [-0.05, 0) is 0 Å². The summed E-state index contributed by atoms with van der Waals surface area (Å²) in [4.78, 5) is 2.36.